The van der Waals surface area contributed by atoms with Crippen molar-refractivity contribution in [3.63, 3.8) is 0 Å². The Hall–Kier alpha value is -4.36. The smallest absolute Gasteiger partial charge is 0.270 e. The Morgan fingerprint density at radius 1 is 1.03 bits per heavy atom. The quantitative estimate of drug-likeness (QED) is 0.211. The van der Waals surface area contributed by atoms with Crippen molar-refractivity contribution in [3.05, 3.63) is 81.4 Å². The second-order valence-corrected chi connectivity index (χ2v) is 9.75. The maximum Gasteiger partial charge on any atom is 0.270 e. The van der Waals surface area contributed by atoms with Gasteiger partial charge in [-0.2, -0.15) is 5.10 Å². The molecule has 14 heteroatoms. The summed E-state index contributed by atoms with van der Waals surface area (Å²) in [5.74, 6) is 0.211. The minimum Gasteiger partial charge on any atom is -0.497 e. The molecule has 0 radical (unpaired) electrons. The zero-order chi connectivity index (χ0) is 27.9. The van der Waals surface area contributed by atoms with Crippen molar-refractivity contribution in [1.82, 2.24) is 5.43 Å². The van der Waals surface area contributed by atoms with E-state index in [1.54, 1.807) is 12.1 Å². The Morgan fingerprint density at radius 2 is 1.71 bits per heavy atom. The normalized spacial score (nSPS) is 11.2. The lowest BCUT2D eigenvalue weighted by atomic mass is 10.2. The number of carbonyl (C=O) groups is 1. The number of ether oxygens (including phenoxy) is 3. The van der Waals surface area contributed by atoms with Crippen LogP contribution in [0, 0.1) is 10.1 Å². The number of nitrogens with one attached hydrogen (secondary N) is 1. The molecule has 0 fully saturated rings. The number of nitro groups is 1. The summed E-state index contributed by atoms with van der Waals surface area (Å²) in [5.41, 5.74) is 2.37. The van der Waals surface area contributed by atoms with Crippen LogP contribution in [0.3, 0.4) is 0 Å². The molecule has 0 bridgehead atoms. The Labute approximate surface area is 223 Å². The first-order valence-electron chi connectivity index (χ1n) is 10.8. The Bertz CT molecular complexity index is 1460. The first kappa shape index (κ1) is 28.2. The van der Waals surface area contributed by atoms with Gasteiger partial charge in [0.2, 0.25) is 0 Å². The molecule has 38 heavy (non-hydrogen) atoms. The number of amides is 1. The zero-order valence-electron chi connectivity index (χ0n) is 20.5. The van der Waals surface area contributed by atoms with Crippen LogP contribution >= 0.6 is 11.6 Å². The molecule has 200 valence electrons. The first-order valence-corrected chi connectivity index (χ1v) is 12.6. The van der Waals surface area contributed by atoms with Gasteiger partial charge in [-0.25, -0.2) is 13.8 Å². The molecule has 12 nitrogen and oxygen atoms in total. The number of sulfonamides is 1. The van der Waals surface area contributed by atoms with E-state index < -0.39 is 27.4 Å². The summed E-state index contributed by atoms with van der Waals surface area (Å²) in [7, 11) is -0.0251. The lowest BCUT2D eigenvalue weighted by Gasteiger charge is -2.24. The molecule has 3 rings (SSSR count). The number of non-ortho nitro benzene ring substituents is 1. The number of anilines is 1. The van der Waals surface area contributed by atoms with E-state index in [4.69, 9.17) is 25.8 Å². The molecule has 0 aliphatic heterocycles. The van der Waals surface area contributed by atoms with Crippen LogP contribution in [-0.2, 0) is 14.8 Å². The molecular weight excluding hydrogens is 540 g/mol. The number of hydrogen-bond donors (Lipinski definition) is 1. The highest BCUT2D eigenvalue weighted by Gasteiger charge is 2.28. The molecule has 1 amide bonds. The molecule has 0 aliphatic carbocycles. The second-order valence-electron chi connectivity index (χ2n) is 7.48. The van der Waals surface area contributed by atoms with Crippen molar-refractivity contribution in [2.45, 2.75) is 4.90 Å². The van der Waals surface area contributed by atoms with E-state index in [9.17, 15) is 23.3 Å². The number of rotatable bonds is 11. The minimum absolute atomic E-state index is 0.148. The average Bonchev–Trinajstić information content (AvgIpc) is 2.92. The maximum absolute atomic E-state index is 13.6. The molecule has 0 aromatic heterocycles. The van der Waals surface area contributed by atoms with Gasteiger partial charge in [-0.1, -0.05) is 11.6 Å². The fourth-order valence-electron chi connectivity index (χ4n) is 3.25. The van der Waals surface area contributed by atoms with E-state index in [1.165, 1.54) is 69.9 Å². The van der Waals surface area contributed by atoms with Gasteiger partial charge in [0.15, 0.2) is 11.5 Å². The molecule has 3 aromatic carbocycles. The van der Waals surface area contributed by atoms with Gasteiger partial charge < -0.3 is 14.2 Å². The summed E-state index contributed by atoms with van der Waals surface area (Å²) in [6.45, 7) is -0.650. The summed E-state index contributed by atoms with van der Waals surface area (Å²) >= 11 is 6.04. The van der Waals surface area contributed by atoms with E-state index in [-0.39, 0.29) is 32.6 Å². The molecule has 0 aliphatic rings. The average molecular weight is 563 g/mol. The van der Waals surface area contributed by atoms with Crippen LogP contribution < -0.4 is 23.9 Å². The fraction of sp³-hybridized carbons (Fsp3) is 0.167. The number of carbonyl (C=O) groups excluding carboxylic acids is 1. The molecule has 0 saturated heterocycles. The topological polar surface area (TPSA) is 150 Å². The third-order valence-electron chi connectivity index (χ3n) is 5.17. The van der Waals surface area contributed by atoms with Crippen LogP contribution in [0.2, 0.25) is 5.02 Å². The Morgan fingerprint density at radius 3 is 2.32 bits per heavy atom. The molecule has 3 aromatic rings. The molecule has 0 spiro atoms. The van der Waals surface area contributed by atoms with Gasteiger partial charge in [-0.3, -0.25) is 19.2 Å². The highest BCUT2D eigenvalue weighted by molar-refractivity contribution is 7.92. The van der Waals surface area contributed by atoms with E-state index in [0.717, 1.165) is 10.5 Å². The SMILES string of the molecule is COc1ccc(N(CC(=O)N/N=C\c2cc([N+](=O)[O-])ccc2Cl)S(=O)(=O)c2ccc(OC)c(OC)c2)cc1. The number of hydrogen-bond acceptors (Lipinski definition) is 9. The van der Waals surface area contributed by atoms with Gasteiger partial charge in [-0.05, 0) is 42.5 Å². The number of benzene rings is 3. The van der Waals surface area contributed by atoms with E-state index in [0.29, 0.717) is 11.5 Å². The molecule has 0 heterocycles. The highest BCUT2D eigenvalue weighted by Crippen LogP contribution is 2.32. The summed E-state index contributed by atoms with van der Waals surface area (Å²) in [4.78, 5) is 23.0. The molecule has 1 N–H and O–H groups in total. The van der Waals surface area contributed by atoms with E-state index in [1.807, 2.05) is 0 Å². The van der Waals surface area contributed by atoms with Gasteiger partial charge in [0.05, 0.1) is 43.1 Å². The zero-order valence-corrected chi connectivity index (χ0v) is 22.0. The summed E-state index contributed by atoms with van der Waals surface area (Å²) < 4.78 is 43.7. The Kier molecular flexibility index (Phi) is 9.10. The summed E-state index contributed by atoms with van der Waals surface area (Å²) in [6.07, 6.45) is 1.12. The molecular formula is C24H23ClN4O8S. The standard InChI is InChI=1S/C24H23ClN4O8S/c1-35-19-7-4-17(5-8-19)28(38(33,34)20-9-11-22(36-2)23(13-20)37-3)15-24(30)27-26-14-16-12-18(29(31)32)6-10-21(16)25/h4-14H,15H2,1-3H3,(H,27,30)/b26-14-. The minimum atomic E-state index is -4.28. The van der Waals surface area contributed by atoms with Crippen LogP contribution in [0.1, 0.15) is 5.56 Å². The third-order valence-corrected chi connectivity index (χ3v) is 7.29. The number of nitrogens with zero attached hydrogens (tertiary/aromatic N) is 3. The highest BCUT2D eigenvalue weighted by atomic mass is 35.5. The molecule has 0 saturated carbocycles. The van der Waals surface area contributed by atoms with Crippen molar-refractivity contribution in [2.24, 2.45) is 5.10 Å². The van der Waals surface area contributed by atoms with E-state index in [2.05, 4.69) is 10.5 Å². The molecule has 0 atom stereocenters. The largest absolute Gasteiger partial charge is 0.497 e. The van der Waals surface area contributed by atoms with Crippen molar-refractivity contribution in [2.75, 3.05) is 32.2 Å². The van der Waals surface area contributed by atoms with Gasteiger partial charge in [-0.15, -0.1) is 0 Å². The number of halogens is 1. The number of methoxy groups -OCH3 is 3. The lowest BCUT2D eigenvalue weighted by Crippen LogP contribution is -2.39. The van der Waals surface area contributed by atoms with Crippen LogP contribution in [0.15, 0.2) is 70.7 Å². The van der Waals surface area contributed by atoms with E-state index >= 15 is 0 Å². The van der Waals surface area contributed by atoms with Gasteiger partial charge in [0.1, 0.15) is 12.3 Å². The predicted molar refractivity (Wildman–Crippen MR) is 141 cm³/mol. The lowest BCUT2D eigenvalue weighted by molar-refractivity contribution is -0.384. The third kappa shape index (κ3) is 6.49. The number of hydrazone groups is 1. The van der Waals surface area contributed by atoms with Crippen molar-refractivity contribution >= 4 is 45.1 Å². The fourth-order valence-corrected chi connectivity index (χ4v) is 4.85. The van der Waals surface area contributed by atoms with Crippen LogP contribution in [-0.4, -0.2) is 53.3 Å². The monoisotopic (exact) mass is 562 g/mol. The Balaban J connectivity index is 1.91. The predicted octanol–water partition coefficient (Wildman–Crippen LogP) is 3.62. The van der Waals surface area contributed by atoms with Gasteiger partial charge in [0.25, 0.3) is 21.6 Å². The maximum atomic E-state index is 13.6. The van der Waals surface area contributed by atoms with Crippen molar-refractivity contribution in [1.29, 1.82) is 0 Å². The molecule has 0 unspecified atom stereocenters. The summed E-state index contributed by atoms with van der Waals surface area (Å²) in [5, 5.41) is 14.9. The van der Waals surface area contributed by atoms with Crippen molar-refractivity contribution in [3.8, 4) is 17.2 Å². The van der Waals surface area contributed by atoms with Gasteiger partial charge in [0, 0.05) is 28.8 Å². The van der Waals surface area contributed by atoms with Crippen LogP contribution in [0.5, 0.6) is 17.2 Å². The first-order chi connectivity index (χ1) is 18.1. The van der Waals surface area contributed by atoms with Crippen LogP contribution in [0.4, 0.5) is 11.4 Å². The second kappa shape index (κ2) is 12.3. The van der Waals surface area contributed by atoms with Crippen LogP contribution in [0.25, 0.3) is 0 Å². The van der Waals surface area contributed by atoms with Gasteiger partial charge >= 0.3 is 0 Å². The number of nitro benzene ring substituents is 1. The summed E-state index contributed by atoms with van der Waals surface area (Å²) in [6, 6.07) is 13.8. The van der Waals surface area contributed by atoms with Crippen molar-refractivity contribution < 1.29 is 32.3 Å².